The Morgan fingerprint density at radius 3 is 2.54 bits per heavy atom. The van der Waals surface area contributed by atoms with Gasteiger partial charge in [0.25, 0.3) is 0 Å². The summed E-state index contributed by atoms with van der Waals surface area (Å²) in [6.07, 6.45) is 0.159. The molecular weight excluding hydrogens is 456 g/mol. The van der Waals surface area contributed by atoms with Crippen molar-refractivity contribution in [1.82, 2.24) is 0 Å². The van der Waals surface area contributed by atoms with Crippen LogP contribution in [0, 0.1) is 34.5 Å². The van der Waals surface area contributed by atoms with Gasteiger partial charge in [-0.25, -0.2) is 0 Å². The van der Waals surface area contributed by atoms with Crippen LogP contribution in [-0.2, 0) is 38.1 Å². The van der Waals surface area contributed by atoms with E-state index in [9.17, 15) is 19.5 Å². The van der Waals surface area contributed by atoms with Crippen molar-refractivity contribution in [2.45, 2.75) is 96.9 Å². The Labute approximate surface area is 206 Å². The fourth-order valence-corrected chi connectivity index (χ4v) is 7.71. The molecule has 2 saturated carbocycles. The molecule has 2 spiro atoms. The molecule has 2 bridgehead atoms. The Kier molecular flexibility index (Phi) is 6.00. The molecule has 0 aromatic carbocycles. The topological polar surface area (TPSA) is 121 Å². The van der Waals surface area contributed by atoms with E-state index in [1.165, 1.54) is 6.92 Å². The van der Waals surface area contributed by atoms with Gasteiger partial charge >= 0.3 is 17.9 Å². The highest BCUT2D eigenvalue weighted by Crippen LogP contribution is 2.73. The van der Waals surface area contributed by atoms with Crippen LogP contribution in [0.25, 0.3) is 0 Å². The number of ether oxygens (including phenoxy) is 5. The zero-order valence-corrected chi connectivity index (χ0v) is 21.3. The molecule has 6 rings (SSSR count). The lowest BCUT2D eigenvalue weighted by Crippen LogP contribution is -2.78. The maximum Gasteiger partial charge on any atom is 0.310 e. The van der Waals surface area contributed by atoms with Crippen LogP contribution in [0.1, 0.15) is 66.7 Å². The Morgan fingerprint density at radius 1 is 1.26 bits per heavy atom. The molecule has 1 unspecified atom stereocenters. The summed E-state index contributed by atoms with van der Waals surface area (Å²) < 4.78 is 29.3. The largest absolute Gasteiger partial charge is 0.465 e. The molecule has 0 aromatic heterocycles. The number of aliphatic hydroxyl groups excluding tert-OH is 1. The Hall–Kier alpha value is -1.71. The maximum absolute atomic E-state index is 12.8. The van der Waals surface area contributed by atoms with E-state index in [0.29, 0.717) is 45.3 Å². The van der Waals surface area contributed by atoms with E-state index in [4.69, 9.17) is 23.7 Å². The number of carbonyl (C=O) groups excluding carboxylic acids is 3. The molecule has 0 aromatic rings. The van der Waals surface area contributed by atoms with Gasteiger partial charge in [0.2, 0.25) is 6.29 Å². The second-order valence-corrected chi connectivity index (χ2v) is 11.9. The standard InChI is InChI=1S/C26H38O9/c1-13(2)21(29)35-23-26-18(10-17(34-23)11-25(26)12-32-25)24(5,8-6-16-7-9-31-22(16)30)14(3)19(20(26)28)33-15(4)27/h13-14,16-20,23,28H,6-12H2,1-5H3/t14-,16+,17-,18-,19-,20+,23?,24+,25+,26+/m1/s1. The molecule has 10 atom stereocenters. The maximum atomic E-state index is 12.8. The summed E-state index contributed by atoms with van der Waals surface area (Å²) in [7, 11) is 0. The van der Waals surface area contributed by atoms with Gasteiger partial charge in [0.05, 0.1) is 36.6 Å². The van der Waals surface area contributed by atoms with Crippen molar-refractivity contribution < 1.29 is 43.2 Å². The first-order valence-electron chi connectivity index (χ1n) is 13.0. The first kappa shape index (κ1) is 25.0. The van der Waals surface area contributed by atoms with Crippen molar-refractivity contribution in [3.8, 4) is 0 Å². The highest BCUT2D eigenvalue weighted by atomic mass is 16.7. The zero-order valence-electron chi connectivity index (χ0n) is 21.3. The fourth-order valence-electron chi connectivity index (χ4n) is 7.71. The average molecular weight is 495 g/mol. The molecule has 196 valence electrons. The summed E-state index contributed by atoms with van der Waals surface area (Å²) in [6.45, 7) is 9.89. The van der Waals surface area contributed by atoms with Crippen LogP contribution in [0.2, 0.25) is 0 Å². The minimum Gasteiger partial charge on any atom is -0.465 e. The smallest absolute Gasteiger partial charge is 0.310 e. The van der Waals surface area contributed by atoms with E-state index >= 15 is 0 Å². The molecule has 2 aliphatic carbocycles. The predicted molar refractivity (Wildman–Crippen MR) is 121 cm³/mol. The Balaban J connectivity index is 1.58. The highest BCUT2D eigenvalue weighted by molar-refractivity contribution is 5.74. The third-order valence-corrected chi connectivity index (χ3v) is 9.82. The van der Waals surface area contributed by atoms with Crippen molar-refractivity contribution in [3.63, 3.8) is 0 Å². The van der Waals surface area contributed by atoms with E-state index in [0.717, 1.165) is 0 Å². The molecule has 9 nitrogen and oxygen atoms in total. The van der Waals surface area contributed by atoms with Crippen LogP contribution in [0.15, 0.2) is 0 Å². The number of esters is 3. The van der Waals surface area contributed by atoms with Crippen LogP contribution in [0.3, 0.4) is 0 Å². The van der Waals surface area contributed by atoms with Crippen molar-refractivity contribution >= 4 is 17.9 Å². The molecule has 9 heteroatoms. The second kappa shape index (κ2) is 8.42. The molecule has 0 radical (unpaired) electrons. The third-order valence-electron chi connectivity index (χ3n) is 9.82. The summed E-state index contributed by atoms with van der Waals surface area (Å²) in [6, 6.07) is 0. The number of hydrogen-bond donors (Lipinski definition) is 1. The first-order chi connectivity index (χ1) is 16.5. The van der Waals surface area contributed by atoms with Gasteiger partial charge in [0, 0.05) is 19.3 Å². The zero-order chi connectivity index (χ0) is 25.3. The quantitative estimate of drug-likeness (QED) is 0.337. The first-order valence-corrected chi connectivity index (χ1v) is 13.0. The summed E-state index contributed by atoms with van der Waals surface area (Å²) in [5.41, 5.74) is -2.22. The molecule has 4 saturated heterocycles. The van der Waals surface area contributed by atoms with Gasteiger partial charge in [0.1, 0.15) is 17.8 Å². The number of rotatable bonds is 6. The Morgan fingerprint density at radius 2 is 1.97 bits per heavy atom. The minimum absolute atomic E-state index is 0.121. The van der Waals surface area contributed by atoms with Crippen molar-refractivity contribution in [2.75, 3.05) is 13.2 Å². The summed E-state index contributed by atoms with van der Waals surface area (Å²) in [5, 5.41) is 12.0. The normalized spacial score (nSPS) is 48.0. The third kappa shape index (κ3) is 3.55. The van der Waals surface area contributed by atoms with Gasteiger partial charge in [-0.05, 0) is 37.0 Å². The molecule has 0 amide bonds. The molecule has 35 heavy (non-hydrogen) atoms. The number of fused-ring (bicyclic) bond motifs is 1. The number of cyclic esters (lactones) is 1. The van der Waals surface area contributed by atoms with Gasteiger partial charge < -0.3 is 28.8 Å². The van der Waals surface area contributed by atoms with Crippen molar-refractivity contribution in [3.05, 3.63) is 0 Å². The Bertz CT molecular complexity index is 897. The van der Waals surface area contributed by atoms with E-state index < -0.39 is 46.9 Å². The summed E-state index contributed by atoms with van der Waals surface area (Å²) in [5.74, 6) is -1.90. The van der Waals surface area contributed by atoms with Gasteiger partial charge in [-0.3, -0.25) is 14.4 Å². The number of aliphatic hydroxyl groups is 1. The molecular formula is C26H38O9. The lowest BCUT2D eigenvalue weighted by molar-refractivity contribution is -0.382. The van der Waals surface area contributed by atoms with Crippen LogP contribution in [0.5, 0.6) is 0 Å². The van der Waals surface area contributed by atoms with E-state index in [-0.39, 0.29) is 35.7 Å². The van der Waals surface area contributed by atoms with Crippen molar-refractivity contribution in [1.29, 1.82) is 0 Å². The summed E-state index contributed by atoms with van der Waals surface area (Å²) >= 11 is 0. The molecule has 6 fully saturated rings. The molecule has 4 aliphatic heterocycles. The van der Waals surface area contributed by atoms with Gasteiger partial charge in [-0.2, -0.15) is 0 Å². The monoisotopic (exact) mass is 494 g/mol. The number of hydrogen-bond acceptors (Lipinski definition) is 9. The van der Waals surface area contributed by atoms with Gasteiger partial charge in [0.15, 0.2) is 0 Å². The molecule has 6 aliphatic rings. The minimum atomic E-state index is -1.13. The number of epoxide rings is 1. The van der Waals surface area contributed by atoms with Gasteiger partial charge in [-0.1, -0.05) is 27.7 Å². The van der Waals surface area contributed by atoms with Gasteiger partial charge in [-0.15, -0.1) is 0 Å². The lowest BCUT2D eigenvalue weighted by Gasteiger charge is -2.69. The van der Waals surface area contributed by atoms with Crippen LogP contribution < -0.4 is 0 Å². The van der Waals surface area contributed by atoms with Crippen molar-refractivity contribution in [2.24, 2.45) is 34.5 Å². The fraction of sp³-hybridized carbons (Fsp3) is 0.885. The lowest BCUT2D eigenvalue weighted by atomic mass is 9.40. The van der Waals surface area contributed by atoms with Crippen LogP contribution in [-0.4, -0.2) is 66.4 Å². The highest BCUT2D eigenvalue weighted by Gasteiger charge is 2.83. The number of carbonyl (C=O) groups is 3. The van der Waals surface area contributed by atoms with E-state index in [1.54, 1.807) is 13.8 Å². The summed E-state index contributed by atoms with van der Waals surface area (Å²) in [4.78, 5) is 37.2. The average Bonchev–Trinajstić information content (AvgIpc) is 3.43. The SMILES string of the molecule is CC(=O)O[C@@H]1[C@@H](C)[C@](C)(CC[C@H]2CCOC2=O)[C@H]2C[C@@H]3C[C@]4(CO4)[C@]2(C(OC(=O)C(C)C)O3)[C@H]1O. The van der Waals surface area contributed by atoms with E-state index in [2.05, 4.69) is 6.92 Å². The van der Waals surface area contributed by atoms with Crippen LogP contribution in [0.4, 0.5) is 0 Å². The van der Waals surface area contributed by atoms with E-state index in [1.807, 2.05) is 6.92 Å². The second-order valence-electron chi connectivity index (χ2n) is 11.9. The molecule has 4 heterocycles. The predicted octanol–water partition coefficient (Wildman–Crippen LogP) is 2.37. The molecule has 1 N–H and O–H groups in total. The van der Waals surface area contributed by atoms with Crippen LogP contribution >= 0.6 is 0 Å².